The molecule has 1 aliphatic heterocycles. The smallest absolute Gasteiger partial charge is 0.253 e. The second-order valence-corrected chi connectivity index (χ2v) is 6.95. The molecule has 1 fully saturated rings. The zero-order valence-corrected chi connectivity index (χ0v) is 16.0. The van der Waals surface area contributed by atoms with Gasteiger partial charge in [-0.05, 0) is 24.1 Å². The molecule has 2 N–H and O–H groups in total. The molecule has 1 aliphatic rings. The van der Waals surface area contributed by atoms with Crippen molar-refractivity contribution in [2.75, 3.05) is 18.4 Å². The van der Waals surface area contributed by atoms with Crippen molar-refractivity contribution in [1.82, 2.24) is 10.2 Å². The summed E-state index contributed by atoms with van der Waals surface area (Å²) in [5.74, 6) is -0.911. The molecule has 1 heterocycles. The van der Waals surface area contributed by atoms with Gasteiger partial charge in [0.2, 0.25) is 11.8 Å². The molecule has 1 saturated heterocycles. The molecule has 3 rings (SSSR count). The lowest BCUT2D eigenvalue weighted by molar-refractivity contribution is -0.128. The lowest BCUT2D eigenvalue weighted by Gasteiger charge is -2.17. The molecule has 6 heteroatoms. The Morgan fingerprint density at radius 1 is 1.07 bits per heavy atom. The number of hydrogen-bond donors (Lipinski definition) is 2. The van der Waals surface area contributed by atoms with Gasteiger partial charge in [0, 0.05) is 26.1 Å². The zero-order valence-electron chi connectivity index (χ0n) is 16.0. The van der Waals surface area contributed by atoms with Crippen molar-refractivity contribution in [3.8, 4) is 0 Å². The number of anilines is 1. The first-order chi connectivity index (χ1) is 13.6. The van der Waals surface area contributed by atoms with Gasteiger partial charge in [-0.2, -0.15) is 0 Å². The highest BCUT2D eigenvalue weighted by Gasteiger charge is 2.34. The second kappa shape index (κ2) is 9.17. The molecule has 0 aliphatic carbocycles. The average Bonchev–Trinajstić information content (AvgIpc) is 3.08. The van der Waals surface area contributed by atoms with Crippen LogP contribution in [0.25, 0.3) is 0 Å². The summed E-state index contributed by atoms with van der Waals surface area (Å²) in [6, 6.07) is 16.6. The van der Waals surface area contributed by atoms with Gasteiger partial charge >= 0.3 is 0 Å². The molecule has 0 aromatic heterocycles. The van der Waals surface area contributed by atoms with Crippen LogP contribution in [0, 0.1) is 5.92 Å². The molecule has 1 atom stereocenters. The van der Waals surface area contributed by atoms with Crippen molar-refractivity contribution < 1.29 is 14.4 Å². The fourth-order valence-electron chi connectivity index (χ4n) is 3.26. The zero-order chi connectivity index (χ0) is 19.9. The van der Waals surface area contributed by atoms with Gasteiger partial charge in [0.05, 0.1) is 17.2 Å². The standard InChI is InChI=1S/C22H25N3O3/c1-2-12-23-22(28)18-10-6-7-11-19(18)24-21(27)17-13-20(26)25(15-17)14-16-8-4-3-5-9-16/h3-11,17H,2,12-15H2,1H3,(H,23,28)(H,24,27)/t17-/m1/s1. The first-order valence-corrected chi connectivity index (χ1v) is 9.58. The van der Waals surface area contributed by atoms with Gasteiger partial charge in [0.15, 0.2) is 0 Å². The molecular weight excluding hydrogens is 354 g/mol. The topological polar surface area (TPSA) is 78.5 Å². The highest BCUT2D eigenvalue weighted by molar-refractivity contribution is 6.05. The Hall–Kier alpha value is -3.15. The van der Waals surface area contributed by atoms with Crippen LogP contribution >= 0.6 is 0 Å². The van der Waals surface area contributed by atoms with E-state index in [0.29, 0.717) is 30.9 Å². The van der Waals surface area contributed by atoms with E-state index in [1.54, 1.807) is 29.2 Å². The number of para-hydroxylation sites is 1. The third kappa shape index (κ3) is 4.76. The summed E-state index contributed by atoms with van der Waals surface area (Å²) < 4.78 is 0. The van der Waals surface area contributed by atoms with Crippen LogP contribution < -0.4 is 10.6 Å². The summed E-state index contributed by atoms with van der Waals surface area (Å²) in [5.41, 5.74) is 1.93. The number of rotatable bonds is 7. The maximum Gasteiger partial charge on any atom is 0.253 e. The van der Waals surface area contributed by atoms with Crippen molar-refractivity contribution in [2.45, 2.75) is 26.3 Å². The number of carbonyl (C=O) groups excluding carboxylic acids is 3. The number of likely N-dealkylation sites (tertiary alicyclic amines) is 1. The predicted octanol–water partition coefficient (Wildman–Crippen LogP) is 2.81. The van der Waals surface area contributed by atoms with Crippen LogP contribution in [0.15, 0.2) is 54.6 Å². The summed E-state index contributed by atoms with van der Waals surface area (Å²) in [7, 11) is 0. The molecule has 0 unspecified atom stereocenters. The normalized spacial score (nSPS) is 16.1. The van der Waals surface area contributed by atoms with Gasteiger partial charge in [-0.25, -0.2) is 0 Å². The van der Waals surface area contributed by atoms with E-state index in [9.17, 15) is 14.4 Å². The van der Waals surface area contributed by atoms with Crippen LogP contribution in [0.1, 0.15) is 35.7 Å². The Bertz CT molecular complexity index is 851. The van der Waals surface area contributed by atoms with E-state index in [-0.39, 0.29) is 24.1 Å². The Kier molecular flexibility index (Phi) is 6.42. The monoisotopic (exact) mass is 379 g/mol. The summed E-state index contributed by atoms with van der Waals surface area (Å²) in [5, 5.41) is 5.66. The largest absolute Gasteiger partial charge is 0.352 e. The van der Waals surface area contributed by atoms with E-state index in [0.717, 1.165) is 12.0 Å². The van der Waals surface area contributed by atoms with Crippen molar-refractivity contribution in [2.24, 2.45) is 5.92 Å². The van der Waals surface area contributed by atoms with E-state index in [1.807, 2.05) is 37.3 Å². The van der Waals surface area contributed by atoms with Crippen LogP contribution in [-0.2, 0) is 16.1 Å². The molecule has 0 spiro atoms. The Labute approximate surface area is 164 Å². The minimum absolute atomic E-state index is 0.0297. The minimum Gasteiger partial charge on any atom is -0.352 e. The molecule has 2 aromatic rings. The van der Waals surface area contributed by atoms with Crippen LogP contribution in [0.4, 0.5) is 5.69 Å². The van der Waals surface area contributed by atoms with Crippen LogP contribution in [0.2, 0.25) is 0 Å². The molecule has 0 bridgehead atoms. The van der Waals surface area contributed by atoms with E-state index < -0.39 is 5.92 Å². The van der Waals surface area contributed by atoms with Crippen LogP contribution in [0.5, 0.6) is 0 Å². The molecule has 0 radical (unpaired) electrons. The fraction of sp³-hybridized carbons (Fsp3) is 0.318. The molecule has 2 aromatic carbocycles. The Morgan fingerprint density at radius 3 is 2.54 bits per heavy atom. The summed E-state index contributed by atoms with van der Waals surface area (Å²) >= 11 is 0. The van der Waals surface area contributed by atoms with Crippen molar-refractivity contribution in [3.05, 3.63) is 65.7 Å². The van der Waals surface area contributed by atoms with Gasteiger partial charge in [-0.1, -0.05) is 49.4 Å². The van der Waals surface area contributed by atoms with Crippen molar-refractivity contribution in [1.29, 1.82) is 0 Å². The lowest BCUT2D eigenvalue weighted by atomic mass is 10.1. The van der Waals surface area contributed by atoms with E-state index >= 15 is 0 Å². The van der Waals surface area contributed by atoms with E-state index in [2.05, 4.69) is 10.6 Å². The molecule has 0 saturated carbocycles. The summed E-state index contributed by atoms with van der Waals surface area (Å²) in [6.45, 7) is 3.43. The number of amides is 3. The molecule has 3 amide bonds. The Balaban J connectivity index is 1.64. The lowest BCUT2D eigenvalue weighted by Crippen LogP contribution is -2.29. The van der Waals surface area contributed by atoms with Crippen LogP contribution in [-0.4, -0.2) is 35.7 Å². The van der Waals surface area contributed by atoms with E-state index in [4.69, 9.17) is 0 Å². The number of nitrogens with zero attached hydrogens (tertiary/aromatic N) is 1. The first-order valence-electron chi connectivity index (χ1n) is 9.58. The first kappa shape index (κ1) is 19.6. The van der Waals surface area contributed by atoms with Gasteiger partial charge in [-0.15, -0.1) is 0 Å². The maximum atomic E-state index is 12.7. The molecule has 146 valence electrons. The summed E-state index contributed by atoms with van der Waals surface area (Å²) in [6.07, 6.45) is 1.02. The predicted molar refractivity (Wildman–Crippen MR) is 108 cm³/mol. The Morgan fingerprint density at radius 2 is 1.79 bits per heavy atom. The minimum atomic E-state index is -0.428. The van der Waals surface area contributed by atoms with Crippen molar-refractivity contribution in [3.63, 3.8) is 0 Å². The van der Waals surface area contributed by atoms with Gasteiger partial charge < -0.3 is 15.5 Å². The number of carbonyl (C=O) groups is 3. The number of nitrogens with one attached hydrogen (secondary N) is 2. The van der Waals surface area contributed by atoms with Crippen molar-refractivity contribution >= 4 is 23.4 Å². The third-order valence-electron chi connectivity index (χ3n) is 4.77. The van der Waals surface area contributed by atoms with Gasteiger partial charge in [0.1, 0.15) is 0 Å². The second-order valence-electron chi connectivity index (χ2n) is 6.95. The quantitative estimate of drug-likeness (QED) is 0.776. The highest BCUT2D eigenvalue weighted by atomic mass is 16.2. The van der Waals surface area contributed by atoms with Gasteiger partial charge in [-0.3, -0.25) is 14.4 Å². The van der Waals surface area contributed by atoms with E-state index in [1.165, 1.54) is 0 Å². The fourth-order valence-corrected chi connectivity index (χ4v) is 3.26. The number of hydrogen-bond acceptors (Lipinski definition) is 3. The summed E-state index contributed by atoms with van der Waals surface area (Å²) in [4.78, 5) is 39.1. The number of benzene rings is 2. The van der Waals surface area contributed by atoms with Crippen LogP contribution in [0.3, 0.4) is 0 Å². The van der Waals surface area contributed by atoms with Gasteiger partial charge in [0.25, 0.3) is 5.91 Å². The third-order valence-corrected chi connectivity index (χ3v) is 4.77. The SMILES string of the molecule is CCCNC(=O)c1ccccc1NC(=O)[C@@H]1CC(=O)N(Cc2ccccc2)C1. The highest BCUT2D eigenvalue weighted by Crippen LogP contribution is 2.23. The maximum absolute atomic E-state index is 12.7. The molecule has 28 heavy (non-hydrogen) atoms. The molecular formula is C22H25N3O3. The average molecular weight is 379 g/mol. The molecule has 6 nitrogen and oxygen atoms in total.